The number of carbonyl (C=O) groups is 1. The van der Waals surface area contributed by atoms with E-state index in [9.17, 15) is 4.79 Å². The van der Waals surface area contributed by atoms with Crippen molar-refractivity contribution in [2.75, 3.05) is 0 Å². The van der Waals surface area contributed by atoms with Gasteiger partial charge in [-0.2, -0.15) is 0 Å². The van der Waals surface area contributed by atoms with Crippen LogP contribution in [-0.2, 0) is 0 Å². The Morgan fingerprint density at radius 1 is 1.00 bits per heavy atom. The van der Waals surface area contributed by atoms with Gasteiger partial charge < -0.3 is 5.11 Å². The van der Waals surface area contributed by atoms with Crippen LogP contribution < -0.4 is 0 Å². The second-order valence-corrected chi connectivity index (χ2v) is 5.26. The summed E-state index contributed by atoms with van der Waals surface area (Å²) in [6, 6.07) is 4.43. The number of pyridine rings is 1. The first kappa shape index (κ1) is 14.4. The number of hydrogen-bond acceptors (Lipinski definition) is 2. The number of halogens is 4. The van der Waals surface area contributed by atoms with Crippen LogP contribution in [0.4, 0.5) is 0 Å². The lowest BCUT2D eigenvalue weighted by Gasteiger charge is -2.10. The van der Waals surface area contributed by atoms with Crippen molar-refractivity contribution in [1.29, 1.82) is 0 Å². The average Bonchev–Trinajstić information content (AvgIpc) is 2.33. The molecule has 1 heterocycles. The van der Waals surface area contributed by atoms with Gasteiger partial charge in [0.15, 0.2) is 5.69 Å². The molecule has 0 saturated carbocycles. The van der Waals surface area contributed by atoms with Crippen molar-refractivity contribution in [2.45, 2.75) is 0 Å². The molecular weight excluding hydrogens is 332 g/mol. The van der Waals surface area contributed by atoms with E-state index in [1.54, 1.807) is 0 Å². The molecule has 0 spiro atoms. The molecule has 98 valence electrons. The van der Waals surface area contributed by atoms with Crippen LogP contribution in [0.15, 0.2) is 24.4 Å². The van der Waals surface area contributed by atoms with Gasteiger partial charge in [0, 0.05) is 22.3 Å². The van der Waals surface area contributed by atoms with Crippen molar-refractivity contribution in [3.63, 3.8) is 0 Å². The second-order valence-electron chi connectivity index (χ2n) is 3.60. The predicted octanol–water partition coefficient (Wildman–Crippen LogP) is 5.06. The van der Waals surface area contributed by atoms with E-state index in [1.165, 1.54) is 24.4 Å². The molecule has 3 nitrogen and oxygen atoms in total. The van der Waals surface area contributed by atoms with Gasteiger partial charge >= 0.3 is 5.97 Å². The topological polar surface area (TPSA) is 50.2 Å². The molecule has 2 aromatic rings. The highest BCUT2D eigenvalue weighted by atomic mass is 35.5. The van der Waals surface area contributed by atoms with Gasteiger partial charge in [0.2, 0.25) is 0 Å². The summed E-state index contributed by atoms with van der Waals surface area (Å²) in [5.74, 6) is -1.20. The van der Waals surface area contributed by atoms with Crippen LogP contribution in [0, 0.1) is 0 Å². The third-order valence-electron chi connectivity index (χ3n) is 2.34. The first-order valence-electron chi connectivity index (χ1n) is 4.94. The molecule has 2 rings (SSSR count). The third-order valence-corrected chi connectivity index (χ3v) is 3.57. The minimum absolute atomic E-state index is 0.176. The fraction of sp³-hybridized carbons (Fsp3) is 0. The van der Waals surface area contributed by atoms with E-state index in [0.29, 0.717) is 10.6 Å². The predicted molar refractivity (Wildman–Crippen MR) is 76.7 cm³/mol. The molecule has 0 atom stereocenters. The molecule has 0 aliphatic carbocycles. The number of aromatic carboxylic acids is 1. The highest BCUT2D eigenvalue weighted by molar-refractivity contribution is 6.45. The van der Waals surface area contributed by atoms with Crippen LogP contribution in [0.25, 0.3) is 11.1 Å². The zero-order valence-corrected chi connectivity index (χ0v) is 12.1. The molecule has 0 saturated heterocycles. The quantitative estimate of drug-likeness (QED) is 0.780. The van der Waals surface area contributed by atoms with Crippen LogP contribution in [-0.4, -0.2) is 16.1 Å². The fourth-order valence-electron chi connectivity index (χ4n) is 1.57. The first-order valence-corrected chi connectivity index (χ1v) is 6.45. The van der Waals surface area contributed by atoms with E-state index >= 15 is 0 Å². The largest absolute Gasteiger partial charge is 0.476 e. The molecule has 0 amide bonds. The van der Waals surface area contributed by atoms with Crippen molar-refractivity contribution in [2.24, 2.45) is 0 Å². The van der Waals surface area contributed by atoms with Crippen molar-refractivity contribution in [3.8, 4) is 11.1 Å². The molecule has 0 aliphatic rings. The number of hydrogen-bond donors (Lipinski definition) is 1. The number of benzene rings is 1. The number of carboxylic acid groups (broad SMARTS) is 1. The standard InChI is InChI=1S/C12H5Cl4NO2/c13-5-1-7(10(16)9(15)3-5)8-2-6(14)4-17-11(8)12(18)19/h1-4H,(H,18,19). The zero-order valence-electron chi connectivity index (χ0n) is 9.12. The Balaban J connectivity index is 2.78. The van der Waals surface area contributed by atoms with Crippen molar-refractivity contribution >= 4 is 52.4 Å². The van der Waals surface area contributed by atoms with E-state index in [2.05, 4.69) is 4.98 Å². The van der Waals surface area contributed by atoms with Gasteiger partial charge in [0.05, 0.1) is 15.1 Å². The Morgan fingerprint density at radius 3 is 2.26 bits per heavy atom. The van der Waals surface area contributed by atoms with Gasteiger partial charge in [-0.1, -0.05) is 46.4 Å². The van der Waals surface area contributed by atoms with Crippen LogP contribution >= 0.6 is 46.4 Å². The van der Waals surface area contributed by atoms with Gasteiger partial charge in [0.1, 0.15) is 0 Å². The zero-order chi connectivity index (χ0) is 14.2. The van der Waals surface area contributed by atoms with Gasteiger partial charge in [-0.3, -0.25) is 0 Å². The summed E-state index contributed by atoms with van der Waals surface area (Å²) < 4.78 is 0. The van der Waals surface area contributed by atoms with Crippen LogP contribution in [0.3, 0.4) is 0 Å². The van der Waals surface area contributed by atoms with E-state index in [-0.39, 0.29) is 26.3 Å². The molecule has 0 bridgehead atoms. The Kier molecular flexibility index (Phi) is 4.21. The van der Waals surface area contributed by atoms with Crippen molar-refractivity contribution in [1.82, 2.24) is 4.98 Å². The maximum Gasteiger partial charge on any atom is 0.355 e. The minimum atomic E-state index is -1.20. The summed E-state index contributed by atoms with van der Waals surface area (Å²) in [5, 5.41) is 10.2. The monoisotopic (exact) mass is 335 g/mol. The lowest BCUT2D eigenvalue weighted by Crippen LogP contribution is -2.03. The Bertz CT molecular complexity index is 673. The molecule has 1 aromatic heterocycles. The summed E-state index contributed by atoms with van der Waals surface area (Å²) in [7, 11) is 0. The average molecular weight is 337 g/mol. The Labute approximate surface area is 128 Å². The van der Waals surface area contributed by atoms with Crippen molar-refractivity contribution in [3.05, 3.63) is 50.2 Å². The normalized spacial score (nSPS) is 10.5. The number of aromatic nitrogens is 1. The van der Waals surface area contributed by atoms with Crippen LogP contribution in [0.5, 0.6) is 0 Å². The molecule has 19 heavy (non-hydrogen) atoms. The van der Waals surface area contributed by atoms with Crippen LogP contribution in [0.2, 0.25) is 20.1 Å². The van der Waals surface area contributed by atoms with Gasteiger partial charge in [-0.15, -0.1) is 0 Å². The summed E-state index contributed by atoms with van der Waals surface area (Å²) in [5.41, 5.74) is 0.450. The molecule has 0 unspecified atom stereocenters. The highest BCUT2D eigenvalue weighted by Gasteiger charge is 2.18. The maximum absolute atomic E-state index is 11.2. The Morgan fingerprint density at radius 2 is 1.63 bits per heavy atom. The summed E-state index contributed by atoms with van der Waals surface area (Å²) in [4.78, 5) is 15.0. The SMILES string of the molecule is O=C(O)c1ncc(Cl)cc1-c1cc(Cl)cc(Cl)c1Cl. The number of rotatable bonds is 2. The molecule has 7 heteroatoms. The summed E-state index contributed by atoms with van der Waals surface area (Å²) in [6.07, 6.45) is 1.24. The summed E-state index contributed by atoms with van der Waals surface area (Å²) >= 11 is 23.7. The minimum Gasteiger partial charge on any atom is -0.476 e. The molecule has 0 fully saturated rings. The van der Waals surface area contributed by atoms with Crippen molar-refractivity contribution < 1.29 is 9.90 Å². The fourth-order valence-corrected chi connectivity index (χ4v) is 2.43. The van der Waals surface area contributed by atoms with E-state index in [0.717, 1.165) is 0 Å². The maximum atomic E-state index is 11.2. The van der Waals surface area contributed by atoms with Gasteiger partial charge in [0.25, 0.3) is 0 Å². The molecule has 0 radical (unpaired) electrons. The van der Waals surface area contributed by atoms with E-state index < -0.39 is 5.97 Å². The highest BCUT2D eigenvalue weighted by Crippen LogP contribution is 2.38. The third kappa shape index (κ3) is 2.95. The number of carboxylic acids is 1. The smallest absolute Gasteiger partial charge is 0.355 e. The number of nitrogens with zero attached hydrogens (tertiary/aromatic N) is 1. The van der Waals surface area contributed by atoms with E-state index in [4.69, 9.17) is 51.5 Å². The molecule has 1 N–H and O–H groups in total. The summed E-state index contributed by atoms with van der Waals surface area (Å²) in [6.45, 7) is 0. The first-order chi connectivity index (χ1) is 8.90. The molecule has 1 aromatic carbocycles. The Hall–Kier alpha value is -1.000. The second kappa shape index (κ2) is 5.55. The van der Waals surface area contributed by atoms with Gasteiger partial charge in [-0.05, 0) is 18.2 Å². The molecule has 0 aliphatic heterocycles. The lowest BCUT2D eigenvalue weighted by molar-refractivity contribution is 0.0691. The van der Waals surface area contributed by atoms with Gasteiger partial charge in [-0.25, -0.2) is 9.78 Å². The van der Waals surface area contributed by atoms with Crippen LogP contribution in [0.1, 0.15) is 10.5 Å². The molecular formula is C12H5Cl4NO2. The van der Waals surface area contributed by atoms with E-state index in [1.807, 2.05) is 0 Å². The lowest BCUT2D eigenvalue weighted by atomic mass is 10.0.